The fourth-order valence-corrected chi connectivity index (χ4v) is 2.42. The van der Waals surface area contributed by atoms with Crippen LogP contribution in [0.1, 0.15) is 22.3 Å². The molecule has 0 bridgehead atoms. The van der Waals surface area contributed by atoms with Crippen molar-refractivity contribution in [2.75, 3.05) is 13.1 Å². The van der Waals surface area contributed by atoms with Crippen LogP contribution in [0.2, 0.25) is 5.02 Å². The van der Waals surface area contributed by atoms with Crippen LogP contribution in [0.5, 0.6) is 0 Å². The third kappa shape index (κ3) is 5.35. The van der Waals surface area contributed by atoms with Crippen molar-refractivity contribution in [3.63, 3.8) is 0 Å². The zero-order valence-electron chi connectivity index (χ0n) is 13.0. The van der Waals surface area contributed by atoms with Gasteiger partial charge < -0.3 is 10.6 Å². The Kier molecular flexibility index (Phi) is 6.75. The SMILES string of the molecule is O=C(CCc1ccccc1)NCCNC(=O)c1c(F)cccc1Cl. The predicted octanol–water partition coefficient (Wildman–Crippen LogP) is 2.96. The molecule has 0 heterocycles. The molecule has 0 spiro atoms. The van der Waals surface area contributed by atoms with E-state index < -0.39 is 11.7 Å². The molecule has 2 aromatic rings. The predicted molar refractivity (Wildman–Crippen MR) is 91.5 cm³/mol. The van der Waals surface area contributed by atoms with Crippen LogP contribution in [-0.2, 0) is 11.2 Å². The Morgan fingerprint density at radius 2 is 1.67 bits per heavy atom. The molecule has 2 N–H and O–H groups in total. The fraction of sp³-hybridized carbons (Fsp3) is 0.222. The molecule has 0 aliphatic rings. The summed E-state index contributed by atoms with van der Waals surface area (Å²) in [6, 6.07) is 13.8. The Morgan fingerprint density at radius 3 is 2.38 bits per heavy atom. The smallest absolute Gasteiger partial charge is 0.255 e. The minimum absolute atomic E-state index is 0.0550. The summed E-state index contributed by atoms with van der Waals surface area (Å²) in [5.74, 6) is -1.37. The lowest BCUT2D eigenvalue weighted by Crippen LogP contribution is -2.35. The maximum absolute atomic E-state index is 13.6. The van der Waals surface area contributed by atoms with E-state index in [1.807, 2.05) is 30.3 Å². The van der Waals surface area contributed by atoms with Gasteiger partial charge in [0.1, 0.15) is 5.82 Å². The van der Waals surface area contributed by atoms with Gasteiger partial charge in [0.2, 0.25) is 5.91 Å². The number of halogens is 2. The molecule has 2 aromatic carbocycles. The van der Waals surface area contributed by atoms with Gasteiger partial charge in [0.05, 0.1) is 10.6 Å². The van der Waals surface area contributed by atoms with Gasteiger partial charge in [-0.15, -0.1) is 0 Å². The van der Waals surface area contributed by atoms with E-state index >= 15 is 0 Å². The van der Waals surface area contributed by atoms with Crippen LogP contribution >= 0.6 is 11.6 Å². The monoisotopic (exact) mass is 348 g/mol. The van der Waals surface area contributed by atoms with Gasteiger partial charge in [-0.2, -0.15) is 0 Å². The van der Waals surface area contributed by atoms with E-state index in [0.29, 0.717) is 12.8 Å². The van der Waals surface area contributed by atoms with Crippen molar-refractivity contribution in [2.45, 2.75) is 12.8 Å². The molecule has 24 heavy (non-hydrogen) atoms. The lowest BCUT2D eigenvalue weighted by Gasteiger charge is -2.09. The number of benzene rings is 2. The lowest BCUT2D eigenvalue weighted by molar-refractivity contribution is -0.121. The third-order valence-electron chi connectivity index (χ3n) is 3.41. The van der Waals surface area contributed by atoms with Crippen molar-refractivity contribution in [1.29, 1.82) is 0 Å². The van der Waals surface area contributed by atoms with Crippen LogP contribution < -0.4 is 10.6 Å². The van der Waals surface area contributed by atoms with Gasteiger partial charge in [-0.05, 0) is 24.1 Å². The molecule has 0 aromatic heterocycles. The van der Waals surface area contributed by atoms with Gasteiger partial charge in [-0.1, -0.05) is 48.0 Å². The molecule has 126 valence electrons. The van der Waals surface area contributed by atoms with E-state index in [1.165, 1.54) is 18.2 Å². The van der Waals surface area contributed by atoms with Crippen LogP contribution in [0.15, 0.2) is 48.5 Å². The Bertz CT molecular complexity index is 687. The molecule has 4 nitrogen and oxygen atoms in total. The minimum atomic E-state index is -0.674. The highest BCUT2D eigenvalue weighted by atomic mass is 35.5. The highest BCUT2D eigenvalue weighted by Crippen LogP contribution is 2.18. The van der Waals surface area contributed by atoms with Crippen LogP contribution in [0.3, 0.4) is 0 Å². The molecule has 0 atom stereocenters. The van der Waals surface area contributed by atoms with E-state index in [1.54, 1.807) is 0 Å². The van der Waals surface area contributed by atoms with E-state index in [2.05, 4.69) is 10.6 Å². The highest BCUT2D eigenvalue weighted by Gasteiger charge is 2.14. The number of amides is 2. The Labute approximate surface area is 145 Å². The molecule has 0 radical (unpaired) electrons. The van der Waals surface area contributed by atoms with E-state index in [4.69, 9.17) is 11.6 Å². The normalized spacial score (nSPS) is 10.2. The Morgan fingerprint density at radius 1 is 0.958 bits per heavy atom. The first-order chi connectivity index (χ1) is 11.6. The average Bonchev–Trinajstić information content (AvgIpc) is 2.57. The topological polar surface area (TPSA) is 58.2 Å². The van der Waals surface area contributed by atoms with E-state index in [0.717, 1.165) is 5.56 Å². The molecule has 0 saturated carbocycles. The number of rotatable bonds is 7. The molecule has 0 fully saturated rings. The van der Waals surface area contributed by atoms with Crippen molar-refractivity contribution >= 4 is 23.4 Å². The molecule has 2 rings (SSSR count). The molecule has 0 aliphatic carbocycles. The van der Waals surface area contributed by atoms with Crippen molar-refractivity contribution in [3.8, 4) is 0 Å². The number of aryl methyl sites for hydroxylation is 1. The second kappa shape index (κ2) is 9.03. The van der Waals surface area contributed by atoms with Gasteiger partial charge in [0.15, 0.2) is 0 Å². The fourth-order valence-electron chi connectivity index (χ4n) is 2.17. The molecule has 0 unspecified atom stereocenters. The van der Waals surface area contributed by atoms with Gasteiger partial charge in [-0.25, -0.2) is 4.39 Å². The molecule has 0 saturated heterocycles. The number of hydrogen-bond donors (Lipinski definition) is 2. The molecular weight excluding hydrogens is 331 g/mol. The van der Waals surface area contributed by atoms with Crippen LogP contribution in [0.4, 0.5) is 4.39 Å². The summed E-state index contributed by atoms with van der Waals surface area (Å²) in [5, 5.41) is 5.30. The minimum Gasteiger partial charge on any atom is -0.354 e. The van der Waals surface area contributed by atoms with E-state index in [9.17, 15) is 14.0 Å². The van der Waals surface area contributed by atoms with Crippen LogP contribution in [0.25, 0.3) is 0 Å². The first-order valence-corrected chi connectivity index (χ1v) is 7.98. The van der Waals surface area contributed by atoms with E-state index in [-0.39, 0.29) is 29.6 Å². The van der Waals surface area contributed by atoms with Crippen LogP contribution in [-0.4, -0.2) is 24.9 Å². The zero-order valence-corrected chi connectivity index (χ0v) is 13.8. The number of hydrogen-bond acceptors (Lipinski definition) is 2. The third-order valence-corrected chi connectivity index (χ3v) is 3.72. The first kappa shape index (κ1) is 17.9. The Balaban J connectivity index is 1.69. The molecule has 6 heteroatoms. The van der Waals surface area contributed by atoms with Gasteiger partial charge in [0, 0.05) is 19.5 Å². The summed E-state index contributed by atoms with van der Waals surface area (Å²) in [7, 11) is 0. The maximum atomic E-state index is 13.6. The summed E-state index contributed by atoms with van der Waals surface area (Å²) in [5.41, 5.74) is 0.907. The van der Waals surface area contributed by atoms with Gasteiger partial charge >= 0.3 is 0 Å². The second-order valence-electron chi connectivity index (χ2n) is 5.19. The standard InChI is InChI=1S/C18H18ClFN2O2/c19-14-7-4-8-15(20)17(14)18(24)22-12-11-21-16(23)10-9-13-5-2-1-3-6-13/h1-8H,9-12H2,(H,21,23)(H,22,24). The average molecular weight is 349 g/mol. The lowest BCUT2D eigenvalue weighted by atomic mass is 10.1. The largest absolute Gasteiger partial charge is 0.354 e. The highest BCUT2D eigenvalue weighted by molar-refractivity contribution is 6.33. The number of nitrogens with one attached hydrogen (secondary N) is 2. The van der Waals surface area contributed by atoms with Crippen molar-refractivity contribution in [2.24, 2.45) is 0 Å². The second-order valence-corrected chi connectivity index (χ2v) is 5.60. The summed E-state index contributed by atoms with van der Waals surface area (Å²) >= 11 is 5.82. The summed E-state index contributed by atoms with van der Waals surface area (Å²) in [6.07, 6.45) is 1.03. The molecule has 0 aliphatic heterocycles. The van der Waals surface area contributed by atoms with Gasteiger partial charge in [0.25, 0.3) is 5.91 Å². The quantitative estimate of drug-likeness (QED) is 0.756. The van der Waals surface area contributed by atoms with Gasteiger partial charge in [-0.3, -0.25) is 9.59 Å². The molecule has 2 amide bonds. The van der Waals surface area contributed by atoms with Crippen LogP contribution in [0, 0.1) is 5.82 Å². The number of carbonyl (C=O) groups is 2. The first-order valence-electron chi connectivity index (χ1n) is 7.61. The zero-order chi connectivity index (χ0) is 17.4. The van der Waals surface area contributed by atoms with Crippen molar-refractivity contribution < 1.29 is 14.0 Å². The van der Waals surface area contributed by atoms with Crippen molar-refractivity contribution in [1.82, 2.24) is 10.6 Å². The molecular formula is C18H18ClFN2O2. The maximum Gasteiger partial charge on any atom is 0.255 e. The summed E-state index contributed by atoms with van der Waals surface area (Å²) in [6.45, 7) is 0.464. The summed E-state index contributed by atoms with van der Waals surface area (Å²) in [4.78, 5) is 23.6. The Hall–Kier alpha value is -2.40. The number of carbonyl (C=O) groups excluding carboxylic acids is 2. The summed E-state index contributed by atoms with van der Waals surface area (Å²) < 4.78 is 13.6. The van der Waals surface area contributed by atoms with Crippen molar-refractivity contribution in [3.05, 3.63) is 70.5 Å².